The molecular formula is C22H20N4O2. The first-order valence-electron chi connectivity index (χ1n) is 8.90. The fourth-order valence-electron chi connectivity index (χ4n) is 3.00. The van der Waals surface area contributed by atoms with Gasteiger partial charge in [0.25, 0.3) is 0 Å². The van der Waals surface area contributed by atoms with E-state index in [1.54, 1.807) is 20.4 Å². The number of hydrogen-bond donors (Lipinski definition) is 1. The number of nitrogens with one attached hydrogen (secondary N) is 1. The van der Waals surface area contributed by atoms with Gasteiger partial charge in [0, 0.05) is 36.0 Å². The van der Waals surface area contributed by atoms with E-state index in [0.29, 0.717) is 23.9 Å². The van der Waals surface area contributed by atoms with Crippen LogP contribution in [0.3, 0.4) is 0 Å². The molecule has 4 rings (SSSR count). The lowest BCUT2D eigenvalue weighted by molar-refractivity contribution is 0.356. The van der Waals surface area contributed by atoms with Crippen LogP contribution in [0, 0.1) is 0 Å². The Labute approximate surface area is 163 Å². The SMILES string of the molecule is COc1cc2nc(-c3ccccc3)nc(NCc3cccnc3)c2cc1OC. The molecule has 4 aromatic rings. The second-order valence-corrected chi connectivity index (χ2v) is 6.20. The van der Waals surface area contributed by atoms with Crippen molar-refractivity contribution in [1.82, 2.24) is 15.0 Å². The maximum atomic E-state index is 5.46. The molecule has 2 aromatic heterocycles. The van der Waals surface area contributed by atoms with Gasteiger partial charge in [-0.2, -0.15) is 0 Å². The zero-order valence-electron chi connectivity index (χ0n) is 15.7. The van der Waals surface area contributed by atoms with Crippen LogP contribution in [0.15, 0.2) is 67.0 Å². The third-order valence-electron chi connectivity index (χ3n) is 4.42. The van der Waals surface area contributed by atoms with Crippen molar-refractivity contribution in [2.75, 3.05) is 19.5 Å². The second-order valence-electron chi connectivity index (χ2n) is 6.20. The Hall–Kier alpha value is -3.67. The highest BCUT2D eigenvalue weighted by Gasteiger charge is 2.14. The van der Waals surface area contributed by atoms with E-state index in [4.69, 9.17) is 19.4 Å². The first kappa shape index (κ1) is 17.7. The van der Waals surface area contributed by atoms with E-state index in [9.17, 15) is 0 Å². The number of ether oxygens (including phenoxy) is 2. The first-order chi connectivity index (χ1) is 13.8. The zero-order chi connectivity index (χ0) is 19.3. The molecule has 0 saturated carbocycles. The summed E-state index contributed by atoms with van der Waals surface area (Å²) in [5, 5.41) is 4.28. The molecule has 0 aliphatic heterocycles. The van der Waals surface area contributed by atoms with Crippen molar-refractivity contribution in [2.45, 2.75) is 6.54 Å². The molecule has 0 aliphatic carbocycles. The number of aromatic nitrogens is 3. The number of benzene rings is 2. The lowest BCUT2D eigenvalue weighted by Crippen LogP contribution is -2.05. The lowest BCUT2D eigenvalue weighted by atomic mass is 10.1. The molecule has 6 nitrogen and oxygen atoms in total. The van der Waals surface area contributed by atoms with Crippen molar-refractivity contribution < 1.29 is 9.47 Å². The van der Waals surface area contributed by atoms with Crippen LogP contribution in [0.2, 0.25) is 0 Å². The number of fused-ring (bicyclic) bond motifs is 1. The summed E-state index contributed by atoms with van der Waals surface area (Å²) >= 11 is 0. The largest absolute Gasteiger partial charge is 0.493 e. The van der Waals surface area contributed by atoms with Gasteiger partial charge in [-0.3, -0.25) is 4.98 Å². The number of pyridine rings is 1. The van der Waals surface area contributed by atoms with Crippen LogP contribution in [0.25, 0.3) is 22.3 Å². The van der Waals surface area contributed by atoms with Gasteiger partial charge in [0.2, 0.25) is 0 Å². The summed E-state index contributed by atoms with van der Waals surface area (Å²) in [6.07, 6.45) is 3.59. The van der Waals surface area contributed by atoms with Crippen LogP contribution < -0.4 is 14.8 Å². The van der Waals surface area contributed by atoms with E-state index >= 15 is 0 Å². The smallest absolute Gasteiger partial charge is 0.162 e. The second kappa shape index (κ2) is 7.92. The van der Waals surface area contributed by atoms with Gasteiger partial charge in [-0.25, -0.2) is 9.97 Å². The minimum atomic E-state index is 0.600. The molecule has 0 fully saturated rings. The van der Waals surface area contributed by atoms with E-state index in [1.165, 1.54) is 0 Å². The minimum absolute atomic E-state index is 0.600. The lowest BCUT2D eigenvalue weighted by Gasteiger charge is -2.14. The third kappa shape index (κ3) is 3.57. The highest BCUT2D eigenvalue weighted by atomic mass is 16.5. The average Bonchev–Trinajstić information content (AvgIpc) is 2.77. The van der Waals surface area contributed by atoms with E-state index in [2.05, 4.69) is 10.3 Å². The topological polar surface area (TPSA) is 69.2 Å². The summed E-state index contributed by atoms with van der Waals surface area (Å²) in [5.74, 6) is 2.64. The quantitative estimate of drug-likeness (QED) is 0.544. The van der Waals surface area contributed by atoms with Crippen molar-refractivity contribution in [3.63, 3.8) is 0 Å². The molecular weight excluding hydrogens is 352 g/mol. The van der Waals surface area contributed by atoms with E-state index < -0.39 is 0 Å². The Balaban J connectivity index is 1.83. The number of methoxy groups -OCH3 is 2. The van der Waals surface area contributed by atoms with Crippen LogP contribution in [0.5, 0.6) is 11.5 Å². The highest BCUT2D eigenvalue weighted by molar-refractivity contribution is 5.93. The molecule has 140 valence electrons. The maximum absolute atomic E-state index is 5.46. The predicted molar refractivity (Wildman–Crippen MR) is 110 cm³/mol. The van der Waals surface area contributed by atoms with Gasteiger partial charge in [-0.05, 0) is 17.7 Å². The molecule has 0 saturated heterocycles. The van der Waals surface area contributed by atoms with Crippen molar-refractivity contribution in [3.8, 4) is 22.9 Å². The summed E-state index contributed by atoms with van der Waals surface area (Å²) in [4.78, 5) is 13.7. The van der Waals surface area contributed by atoms with Crippen LogP contribution in [-0.2, 0) is 6.54 Å². The standard InChI is InChI=1S/C22H20N4O2/c1-27-19-11-17-18(12-20(19)28-2)25-21(16-8-4-3-5-9-16)26-22(17)24-14-15-7-6-10-23-13-15/h3-13H,14H2,1-2H3,(H,24,25,26). The van der Waals surface area contributed by atoms with Crippen molar-refractivity contribution in [1.29, 1.82) is 0 Å². The molecule has 0 spiro atoms. The molecule has 0 aliphatic rings. The number of rotatable bonds is 6. The zero-order valence-corrected chi connectivity index (χ0v) is 15.7. The number of nitrogens with zero attached hydrogens (tertiary/aromatic N) is 3. The first-order valence-corrected chi connectivity index (χ1v) is 8.90. The summed E-state index contributed by atoms with van der Waals surface area (Å²) in [6, 6.07) is 17.6. The van der Waals surface area contributed by atoms with Crippen LogP contribution in [0.1, 0.15) is 5.56 Å². The minimum Gasteiger partial charge on any atom is -0.493 e. The third-order valence-corrected chi connectivity index (χ3v) is 4.42. The number of anilines is 1. The van der Waals surface area contributed by atoms with Crippen LogP contribution in [0.4, 0.5) is 5.82 Å². The van der Waals surface area contributed by atoms with Crippen LogP contribution >= 0.6 is 0 Å². The van der Waals surface area contributed by atoms with Crippen molar-refractivity contribution in [2.24, 2.45) is 0 Å². The van der Waals surface area contributed by atoms with E-state index in [1.807, 2.05) is 60.8 Å². The Kier molecular flexibility index (Phi) is 5.01. The molecule has 0 radical (unpaired) electrons. The maximum Gasteiger partial charge on any atom is 0.162 e. The summed E-state index contributed by atoms with van der Waals surface area (Å²) in [7, 11) is 3.23. The monoisotopic (exact) mass is 372 g/mol. The molecule has 6 heteroatoms. The van der Waals surface area contributed by atoms with Crippen molar-refractivity contribution in [3.05, 3.63) is 72.6 Å². The molecule has 0 atom stereocenters. The summed E-state index contributed by atoms with van der Waals surface area (Å²) in [6.45, 7) is 0.600. The fourth-order valence-corrected chi connectivity index (χ4v) is 3.00. The molecule has 0 amide bonds. The summed E-state index contributed by atoms with van der Waals surface area (Å²) in [5.41, 5.74) is 2.79. The normalized spacial score (nSPS) is 10.6. The molecule has 28 heavy (non-hydrogen) atoms. The molecule has 0 unspecified atom stereocenters. The predicted octanol–water partition coefficient (Wildman–Crippen LogP) is 4.32. The Morgan fingerprint density at radius 1 is 0.893 bits per heavy atom. The van der Waals surface area contributed by atoms with Gasteiger partial charge in [0.1, 0.15) is 5.82 Å². The van der Waals surface area contributed by atoms with Crippen molar-refractivity contribution >= 4 is 16.7 Å². The van der Waals surface area contributed by atoms with E-state index in [0.717, 1.165) is 27.8 Å². The van der Waals surface area contributed by atoms with Gasteiger partial charge >= 0.3 is 0 Å². The number of hydrogen-bond acceptors (Lipinski definition) is 6. The Bertz CT molecular complexity index is 1090. The van der Waals surface area contributed by atoms with E-state index in [-0.39, 0.29) is 0 Å². The van der Waals surface area contributed by atoms with Crippen LogP contribution in [-0.4, -0.2) is 29.2 Å². The fraction of sp³-hybridized carbons (Fsp3) is 0.136. The highest BCUT2D eigenvalue weighted by Crippen LogP contribution is 2.35. The average molecular weight is 372 g/mol. The van der Waals surface area contributed by atoms with Gasteiger partial charge < -0.3 is 14.8 Å². The Morgan fingerprint density at radius 2 is 1.68 bits per heavy atom. The summed E-state index contributed by atoms with van der Waals surface area (Å²) < 4.78 is 10.9. The molecule has 1 N–H and O–H groups in total. The van der Waals surface area contributed by atoms with Gasteiger partial charge in [-0.1, -0.05) is 36.4 Å². The van der Waals surface area contributed by atoms with Gasteiger partial charge in [0.05, 0.1) is 19.7 Å². The molecule has 2 aromatic carbocycles. The van der Waals surface area contributed by atoms with Gasteiger partial charge in [0.15, 0.2) is 17.3 Å². The molecule has 2 heterocycles. The Morgan fingerprint density at radius 3 is 2.39 bits per heavy atom. The molecule has 0 bridgehead atoms. The van der Waals surface area contributed by atoms with Gasteiger partial charge in [-0.15, -0.1) is 0 Å².